The molecule has 2 N–H and O–H groups in total. The molecule has 90 valence electrons. The Labute approximate surface area is 96.5 Å². The fraction of sp³-hybridized carbons (Fsp3) is 0.400. The molecule has 17 heavy (non-hydrogen) atoms. The fourth-order valence-electron chi connectivity index (χ4n) is 2.28. The lowest BCUT2D eigenvalue weighted by Gasteiger charge is -2.16. The molecule has 0 amide bonds. The summed E-state index contributed by atoms with van der Waals surface area (Å²) in [5.74, 6) is 0. The van der Waals surface area contributed by atoms with Gasteiger partial charge in [0, 0.05) is 5.56 Å². The minimum absolute atomic E-state index is 0.123. The number of nitrogen functional groups attached to an aromatic ring is 1. The number of nitrogens with zero attached hydrogens (tertiary/aromatic N) is 2. The van der Waals surface area contributed by atoms with Gasteiger partial charge in [0.2, 0.25) is 0 Å². The first-order chi connectivity index (χ1) is 8.02. The van der Waals surface area contributed by atoms with Crippen LogP contribution in [0, 0.1) is 20.2 Å². The molecule has 1 aromatic rings. The third kappa shape index (κ3) is 1.79. The number of benzene rings is 1. The van der Waals surface area contributed by atoms with E-state index in [1.807, 2.05) is 0 Å². The van der Waals surface area contributed by atoms with E-state index in [0.717, 1.165) is 18.4 Å². The van der Waals surface area contributed by atoms with Crippen LogP contribution in [0.4, 0.5) is 17.1 Å². The van der Waals surface area contributed by atoms with Crippen molar-refractivity contribution in [3.63, 3.8) is 0 Å². The molecular weight excluding hydrogens is 226 g/mol. The van der Waals surface area contributed by atoms with Gasteiger partial charge in [-0.15, -0.1) is 0 Å². The van der Waals surface area contributed by atoms with Crippen LogP contribution in [0.2, 0.25) is 0 Å². The molecule has 1 aliphatic rings. The van der Waals surface area contributed by atoms with Gasteiger partial charge in [-0.1, -0.05) is 0 Å². The fourth-order valence-corrected chi connectivity index (χ4v) is 2.28. The van der Waals surface area contributed by atoms with Crippen molar-refractivity contribution >= 4 is 17.1 Å². The summed E-state index contributed by atoms with van der Waals surface area (Å²) in [5.41, 5.74) is 5.66. The molecule has 0 fully saturated rings. The average molecular weight is 237 g/mol. The third-order valence-corrected chi connectivity index (χ3v) is 2.99. The van der Waals surface area contributed by atoms with Crippen molar-refractivity contribution in [1.29, 1.82) is 0 Å². The zero-order chi connectivity index (χ0) is 12.6. The molecule has 0 heterocycles. The minimum atomic E-state index is -0.775. The van der Waals surface area contributed by atoms with Crippen LogP contribution in [0.1, 0.15) is 24.0 Å². The Morgan fingerprint density at radius 2 is 1.65 bits per heavy atom. The summed E-state index contributed by atoms with van der Waals surface area (Å²) >= 11 is 0. The van der Waals surface area contributed by atoms with E-state index in [1.165, 1.54) is 6.07 Å². The Morgan fingerprint density at radius 1 is 1.06 bits per heavy atom. The Balaban J connectivity index is 2.76. The van der Waals surface area contributed by atoms with Gasteiger partial charge >= 0.3 is 11.4 Å². The van der Waals surface area contributed by atoms with E-state index in [0.29, 0.717) is 18.4 Å². The van der Waals surface area contributed by atoms with Crippen molar-refractivity contribution in [2.24, 2.45) is 0 Å². The van der Waals surface area contributed by atoms with Gasteiger partial charge in [-0.3, -0.25) is 20.2 Å². The minimum Gasteiger partial charge on any atom is -0.393 e. The predicted molar refractivity (Wildman–Crippen MR) is 60.8 cm³/mol. The van der Waals surface area contributed by atoms with Gasteiger partial charge in [-0.2, -0.15) is 0 Å². The number of hydrogen-bond acceptors (Lipinski definition) is 5. The normalized spacial score (nSPS) is 14.1. The molecule has 7 nitrogen and oxygen atoms in total. The molecule has 0 bridgehead atoms. The highest BCUT2D eigenvalue weighted by molar-refractivity contribution is 5.74. The van der Waals surface area contributed by atoms with Gasteiger partial charge in [0.15, 0.2) is 0 Å². The van der Waals surface area contributed by atoms with Crippen LogP contribution < -0.4 is 5.73 Å². The van der Waals surface area contributed by atoms with Crippen LogP contribution in [0.5, 0.6) is 0 Å². The quantitative estimate of drug-likeness (QED) is 0.480. The zero-order valence-electron chi connectivity index (χ0n) is 9.01. The SMILES string of the molecule is Nc1cc2c(c([N+](=O)[O-])c1[N+](=O)[O-])CCCC2. The lowest BCUT2D eigenvalue weighted by atomic mass is 9.89. The monoisotopic (exact) mass is 237 g/mol. The second-order valence-corrected chi connectivity index (χ2v) is 4.02. The van der Waals surface area contributed by atoms with Crippen LogP contribution in [0.3, 0.4) is 0 Å². The van der Waals surface area contributed by atoms with Gasteiger partial charge in [0.05, 0.1) is 9.85 Å². The number of fused-ring (bicyclic) bond motifs is 1. The molecule has 0 unspecified atom stereocenters. The van der Waals surface area contributed by atoms with E-state index >= 15 is 0 Å². The molecule has 0 saturated heterocycles. The van der Waals surface area contributed by atoms with Gasteiger partial charge in [0.1, 0.15) is 5.69 Å². The summed E-state index contributed by atoms with van der Waals surface area (Å²) in [6.45, 7) is 0. The smallest absolute Gasteiger partial charge is 0.368 e. The van der Waals surface area contributed by atoms with Crippen molar-refractivity contribution in [2.75, 3.05) is 5.73 Å². The summed E-state index contributed by atoms with van der Waals surface area (Å²) in [4.78, 5) is 20.4. The first-order valence-corrected chi connectivity index (χ1v) is 5.25. The van der Waals surface area contributed by atoms with E-state index in [-0.39, 0.29) is 5.69 Å². The Kier molecular flexibility index (Phi) is 2.66. The van der Waals surface area contributed by atoms with Gasteiger partial charge in [-0.25, -0.2) is 0 Å². The molecule has 0 spiro atoms. The molecule has 0 aromatic heterocycles. The third-order valence-electron chi connectivity index (χ3n) is 2.99. The maximum Gasteiger partial charge on any atom is 0.368 e. The van der Waals surface area contributed by atoms with Crippen LogP contribution in [0.25, 0.3) is 0 Å². The second-order valence-electron chi connectivity index (χ2n) is 4.02. The summed E-state index contributed by atoms with van der Waals surface area (Å²) in [7, 11) is 0. The highest BCUT2D eigenvalue weighted by Crippen LogP contribution is 2.41. The largest absolute Gasteiger partial charge is 0.393 e. The number of nitro benzene ring substituents is 2. The van der Waals surface area contributed by atoms with Crippen LogP contribution in [-0.4, -0.2) is 9.85 Å². The number of nitro groups is 2. The van der Waals surface area contributed by atoms with Crippen LogP contribution >= 0.6 is 0 Å². The summed E-state index contributed by atoms with van der Waals surface area (Å²) in [6.07, 6.45) is 2.95. The number of rotatable bonds is 2. The van der Waals surface area contributed by atoms with Crippen molar-refractivity contribution in [3.8, 4) is 0 Å². The Bertz CT molecular complexity index is 513. The van der Waals surface area contributed by atoms with Crippen molar-refractivity contribution in [3.05, 3.63) is 37.4 Å². The van der Waals surface area contributed by atoms with Crippen molar-refractivity contribution < 1.29 is 9.85 Å². The highest BCUT2D eigenvalue weighted by Gasteiger charge is 2.34. The molecule has 1 aromatic carbocycles. The summed E-state index contributed by atoms with van der Waals surface area (Å²) < 4.78 is 0. The van der Waals surface area contributed by atoms with E-state index in [9.17, 15) is 20.2 Å². The number of nitrogens with two attached hydrogens (primary N) is 1. The van der Waals surface area contributed by atoms with Gasteiger partial charge < -0.3 is 5.73 Å². The molecule has 0 aliphatic heterocycles. The molecule has 0 radical (unpaired) electrons. The van der Waals surface area contributed by atoms with Crippen molar-refractivity contribution in [2.45, 2.75) is 25.7 Å². The summed E-state index contributed by atoms with van der Waals surface area (Å²) in [6, 6.07) is 1.50. The number of hydrogen-bond donors (Lipinski definition) is 1. The molecule has 7 heteroatoms. The molecule has 0 atom stereocenters. The van der Waals surface area contributed by atoms with Crippen LogP contribution in [-0.2, 0) is 12.8 Å². The predicted octanol–water partition coefficient (Wildman–Crippen LogP) is 1.96. The van der Waals surface area contributed by atoms with Crippen molar-refractivity contribution in [1.82, 2.24) is 0 Å². The average Bonchev–Trinajstić information content (AvgIpc) is 2.26. The number of anilines is 1. The molecular formula is C10H11N3O4. The maximum absolute atomic E-state index is 11.0. The zero-order valence-corrected chi connectivity index (χ0v) is 9.01. The first kappa shape index (κ1) is 11.3. The highest BCUT2D eigenvalue weighted by atomic mass is 16.6. The Hall–Kier alpha value is -2.18. The maximum atomic E-state index is 11.0. The van der Waals surface area contributed by atoms with E-state index < -0.39 is 21.2 Å². The first-order valence-electron chi connectivity index (χ1n) is 5.25. The van der Waals surface area contributed by atoms with E-state index in [1.54, 1.807) is 0 Å². The molecule has 2 rings (SSSR count). The lowest BCUT2D eigenvalue weighted by Crippen LogP contribution is -2.10. The van der Waals surface area contributed by atoms with Gasteiger partial charge in [0.25, 0.3) is 0 Å². The molecule has 1 aliphatic carbocycles. The topological polar surface area (TPSA) is 112 Å². The standard InChI is InChI=1S/C10H11N3O4/c11-8-5-6-3-1-2-4-7(6)9(12(14)15)10(8)13(16)17/h5H,1-4,11H2. The van der Waals surface area contributed by atoms with E-state index in [2.05, 4.69) is 0 Å². The molecule has 0 saturated carbocycles. The second kappa shape index (κ2) is 4.00. The number of aryl methyl sites for hydroxylation is 1. The summed E-state index contributed by atoms with van der Waals surface area (Å²) in [5, 5.41) is 21.8. The van der Waals surface area contributed by atoms with E-state index in [4.69, 9.17) is 5.73 Å². The van der Waals surface area contributed by atoms with Gasteiger partial charge in [-0.05, 0) is 37.3 Å². The lowest BCUT2D eigenvalue weighted by molar-refractivity contribution is -0.422. The Morgan fingerprint density at radius 3 is 2.24 bits per heavy atom. The van der Waals surface area contributed by atoms with Crippen LogP contribution in [0.15, 0.2) is 6.07 Å².